The highest BCUT2D eigenvalue weighted by atomic mass is 16.6. The van der Waals surface area contributed by atoms with Crippen molar-refractivity contribution in [1.29, 1.82) is 0 Å². The fraction of sp³-hybridized carbons (Fsp3) is 0.842. The van der Waals surface area contributed by atoms with E-state index in [1.807, 2.05) is 20.8 Å². The first-order valence-electron chi connectivity index (χ1n) is 9.12. The highest BCUT2D eigenvalue weighted by Gasteiger charge is 2.26. The lowest BCUT2D eigenvalue weighted by atomic mass is 9.85. The van der Waals surface area contributed by atoms with Gasteiger partial charge in [0.2, 0.25) is 0 Å². The van der Waals surface area contributed by atoms with Gasteiger partial charge in [-0.3, -0.25) is 9.69 Å². The van der Waals surface area contributed by atoms with Crippen molar-refractivity contribution < 1.29 is 14.6 Å². The third-order valence-corrected chi connectivity index (χ3v) is 4.95. The van der Waals surface area contributed by atoms with Gasteiger partial charge in [0.05, 0.1) is 6.42 Å². The van der Waals surface area contributed by atoms with Crippen molar-refractivity contribution in [3.63, 3.8) is 0 Å². The number of hydrogen-bond donors (Lipinski definition) is 1. The van der Waals surface area contributed by atoms with Gasteiger partial charge >= 0.3 is 5.97 Å². The van der Waals surface area contributed by atoms with Crippen LogP contribution in [0.2, 0.25) is 0 Å². The van der Waals surface area contributed by atoms with Crippen LogP contribution in [-0.4, -0.2) is 47.3 Å². The Hall–Kier alpha value is -0.870. The third kappa shape index (κ3) is 6.27. The normalized spacial score (nSPS) is 27.2. The molecule has 0 atom stereocenters. The lowest BCUT2D eigenvalue weighted by Crippen LogP contribution is -2.39. The van der Waals surface area contributed by atoms with E-state index in [0.717, 1.165) is 38.8 Å². The van der Waals surface area contributed by atoms with Crippen molar-refractivity contribution in [2.24, 2.45) is 5.92 Å². The summed E-state index contributed by atoms with van der Waals surface area (Å²) in [7, 11) is 0. The van der Waals surface area contributed by atoms with Crippen LogP contribution in [0.15, 0.2) is 11.6 Å². The number of rotatable bonds is 4. The first kappa shape index (κ1) is 18.5. The number of hydrogen-bond acceptors (Lipinski definition) is 4. The minimum atomic E-state index is -0.403. The van der Waals surface area contributed by atoms with E-state index in [-0.39, 0.29) is 5.97 Å². The Morgan fingerprint density at radius 3 is 2.57 bits per heavy atom. The number of carbonyl (C=O) groups is 1. The largest absolute Gasteiger partial charge is 0.460 e. The van der Waals surface area contributed by atoms with E-state index in [9.17, 15) is 9.90 Å². The maximum atomic E-state index is 12.0. The molecule has 0 bridgehead atoms. The average Bonchev–Trinajstić information content (AvgIpc) is 2.71. The van der Waals surface area contributed by atoms with Crippen molar-refractivity contribution >= 4 is 5.97 Å². The molecule has 23 heavy (non-hydrogen) atoms. The summed E-state index contributed by atoms with van der Waals surface area (Å²) in [6.07, 6.45) is 9.37. The number of ether oxygens (including phenoxy) is 1. The molecule has 0 unspecified atom stereocenters. The summed E-state index contributed by atoms with van der Waals surface area (Å²) in [4.78, 5) is 14.6. The van der Waals surface area contributed by atoms with Gasteiger partial charge in [-0.2, -0.15) is 0 Å². The van der Waals surface area contributed by atoms with E-state index in [2.05, 4.69) is 11.0 Å². The molecule has 2 aliphatic rings. The molecule has 0 saturated heterocycles. The van der Waals surface area contributed by atoms with E-state index < -0.39 is 5.60 Å². The minimum absolute atomic E-state index is 0.111. The smallest absolute Gasteiger partial charge is 0.310 e. The summed E-state index contributed by atoms with van der Waals surface area (Å²) in [5.41, 5.74) is 0.825. The molecule has 0 aromatic carbocycles. The van der Waals surface area contributed by atoms with Crippen LogP contribution in [0, 0.1) is 5.92 Å². The van der Waals surface area contributed by atoms with Gasteiger partial charge < -0.3 is 9.84 Å². The maximum absolute atomic E-state index is 12.0. The van der Waals surface area contributed by atoms with Gasteiger partial charge in [-0.05, 0) is 65.2 Å². The van der Waals surface area contributed by atoms with Gasteiger partial charge in [0.1, 0.15) is 5.60 Å². The summed E-state index contributed by atoms with van der Waals surface area (Å²) >= 11 is 0. The standard InChI is InChI=1S/C19H33NO3/c1-19(2,3)23-18(22)13-15-5-4-11-20(12-10-15)17-8-6-16(14-21)7-9-17/h5,16-17,21H,4,6-14H2,1-3H3. The molecule has 1 saturated carbocycles. The Balaban J connectivity index is 1.78. The highest BCUT2D eigenvalue weighted by molar-refractivity contribution is 5.72. The van der Waals surface area contributed by atoms with Crippen LogP contribution in [0.25, 0.3) is 0 Å². The van der Waals surface area contributed by atoms with E-state index in [1.165, 1.54) is 18.4 Å². The van der Waals surface area contributed by atoms with Gasteiger partial charge in [0.25, 0.3) is 0 Å². The summed E-state index contributed by atoms with van der Waals surface area (Å²) in [6, 6.07) is 0.659. The Bertz CT molecular complexity index is 417. The summed E-state index contributed by atoms with van der Waals surface area (Å²) in [6.45, 7) is 8.22. The quantitative estimate of drug-likeness (QED) is 0.637. The van der Waals surface area contributed by atoms with Crippen molar-refractivity contribution in [1.82, 2.24) is 4.90 Å². The van der Waals surface area contributed by atoms with Crippen LogP contribution in [0.1, 0.15) is 65.7 Å². The molecule has 0 aromatic heterocycles. The fourth-order valence-corrected chi connectivity index (χ4v) is 3.72. The third-order valence-electron chi connectivity index (χ3n) is 4.95. The zero-order valence-electron chi connectivity index (χ0n) is 15.0. The van der Waals surface area contributed by atoms with Gasteiger partial charge in [0, 0.05) is 25.7 Å². The fourth-order valence-electron chi connectivity index (χ4n) is 3.72. The van der Waals surface area contributed by atoms with Crippen molar-refractivity contribution in [2.45, 2.75) is 77.4 Å². The molecule has 1 fully saturated rings. The molecule has 1 heterocycles. The minimum Gasteiger partial charge on any atom is -0.460 e. The summed E-state index contributed by atoms with van der Waals surface area (Å²) in [5.74, 6) is 0.403. The predicted molar refractivity (Wildman–Crippen MR) is 92.2 cm³/mol. The zero-order valence-corrected chi connectivity index (χ0v) is 15.0. The SMILES string of the molecule is CC(C)(C)OC(=O)CC1=CCCN(C2CCC(CO)CC2)CC1. The second kappa shape index (κ2) is 8.29. The molecule has 132 valence electrons. The predicted octanol–water partition coefficient (Wildman–Crippen LogP) is 3.29. The van der Waals surface area contributed by atoms with Crippen LogP contribution in [0.3, 0.4) is 0 Å². The van der Waals surface area contributed by atoms with Crippen LogP contribution in [-0.2, 0) is 9.53 Å². The molecule has 4 heteroatoms. The zero-order chi connectivity index (χ0) is 16.9. The van der Waals surface area contributed by atoms with E-state index >= 15 is 0 Å². The average molecular weight is 323 g/mol. The first-order chi connectivity index (χ1) is 10.9. The first-order valence-corrected chi connectivity index (χ1v) is 9.12. The topological polar surface area (TPSA) is 49.8 Å². The van der Waals surface area contributed by atoms with Gasteiger partial charge in [-0.1, -0.05) is 11.6 Å². The molecule has 0 amide bonds. The van der Waals surface area contributed by atoms with Crippen LogP contribution >= 0.6 is 0 Å². The van der Waals surface area contributed by atoms with Gasteiger partial charge in [0.15, 0.2) is 0 Å². The van der Waals surface area contributed by atoms with Crippen LogP contribution in [0.5, 0.6) is 0 Å². The van der Waals surface area contributed by atoms with Crippen molar-refractivity contribution in [3.8, 4) is 0 Å². The molecule has 1 aliphatic carbocycles. The molecule has 1 N–H and O–H groups in total. The molecule has 0 aromatic rings. The molecule has 0 radical (unpaired) electrons. The summed E-state index contributed by atoms with van der Waals surface area (Å²) < 4.78 is 5.43. The number of aliphatic hydroxyl groups excluding tert-OH is 1. The van der Waals surface area contributed by atoms with E-state index in [4.69, 9.17) is 4.74 Å². The molecule has 1 aliphatic heterocycles. The summed E-state index contributed by atoms with van der Waals surface area (Å²) in [5, 5.41) is 9.27. The highest BCUT2D eigenvalue weighted by Crippen LogP contribution is 2.29. The number of esters is 1. The Kier molecular flexibility index (Phi) is 6.66. The number of nitrogens with zero attached hydrogens (tertiary/aromatic N) is 1. The van der Waals surface area contributed by atoms with Crippen LogP contribution in [0.4, 0.5) is 0 Å². The molecular formula is C19H33NO3. The van der Waals surface area contributed by atoms with E-state index in [0.29, 0.717) is 25.0 Å². The monoisotopic (exact) mass is 323 g/mol. The second-order valence-corrected chi connectivity index (χ2v) is 8.06. The van der Waals surface area contributed by atoms with Crippen molar-refractivity contribution in [2.75, 3.05) is 19.7 Å². The van der Waals surface area contributed by atoms with Gasteiger partial charge in [-0.15, -0.1) is 0 Å². The Labute approximate surface area is 140 Å². The van der Waals surface area contributed by atoms with Gasteiger partial charge in [-0.25, -0.2) is 0 Å². The molecular weight excluding hydrogens is 290 g/mol. The second-order valence-electron chi connectivity index (χ2n) is 8.06. The maximum Gasteiger partial charge on any atom is 0.310 e. The number of carbonyl (C=O) groups excluding carboxylic acids is 1. The van der Waals surface area contributed by atoms with E-state index in [1.54, 1.807) is 0 Å². The lowest BCUT2D eigenvalue weighted by molar-refractivity contribution is -0.153. The number of aliphatic hydroxyl groups is 1. The van der Waals surface area contributed by atoms with Crippen molar-refractivity contribution in [3.05, 3.63) is 11.6 Å². The molecule has 2 rings (SSSR count). The Morgan fingerprint density at radius 2 is 1.96 bits per heavy atom. The van der Waals surface area contributed by atoms with Crippen LogP contribution < -0.4 is 0 Å². The Morgan fingerprint density at radius 1 is 1.26 bits per heavy atom. The lowest BCUT2D eigenvalue weighted by Gasteiger charge is -2.36. The molecule has 0 spiro atoms. The molecule has 4 nitrogen and oxygen atoms in total.